The Kier molecular flexibility index (Phi) is 5.27. The zero-order chi connectivity index (χ0) is 19.6. The van der Waals surface area contributed by atoms with E-state index in [-0.39, 0.29) is 0 Å². The third kappa shape index (κ3) is 4.33. The Bertz CT molecular complexity index is 941. The fourth-order valence-electron chi connectivity index (χ4n) is 2.87. The SMILES string of the molecule is Cc1ccc(N(C(C)C(=O)Nc2ccc3c(c2)OCCO3)S(C)(=O)=O)cc1. The number of carbonyl (C=O) groups is 1. The average molecular weight is 390 g/mol. The van der Waals surface area contributed by atoms with Crippen molar-refractivity contribution in [1.29, 1.82) is 0 Å². The van der Waals surface area contributed by atoms with Gasteiger partial charge in [-0.1, -0.05) is 17.7 Å². The van der Waals surface area contributed by atoms with Gasteiger partial charge in [0.15, 0.2) is 11.5 Å². The molecule has 0 fully saturated rings. The molecule has 0 bridgehead atoms. The standard InChI is InChI=1S/C19H22N2O5S/c1-13-4-7-16(8-5-13)21(27(3,23)24)14(2)19(22)20-15-6-9-17-18(12-15)26-11-10-25-17/h4-9,12,14H,10-11H2,1-3H3,(H,20,22). The lowest BCUT2D eigenvalue weighted by molar-refractivity contribution is -0.116. The van der Waals surface area contributed by atoms with Crippen molar-refractivity contribution in [2.75, 3.05) is 29.1 Å². The number of sulfonamides is 1. The van der Waals surface area contributed by atoms with Crippen LogP contribution in [0.1, 0.15) is 12.5 Å². The molecular formula is C19H22N2O5S. The molecule has 1 amide bonds. The first kappa shape index (κ1) is 19.0. The van der Waals surface area contributed by atoms with Gasteiger partial charge in [0, 0.05) is 11.8 Å². The predicted octanol–water partition coefficient (Wildman–Crippen LogP) is 2.56. The van der Waals surface area contributed by atoms with E-state index in [0.717, 1.165) is 16.1 Å². The highest BCUT2D eigenvalue weighted by Crippen LogP contribution is 2.32. The summed E-state index contributed by atoms with van der Waals surface area (Å²) < 4.78 is 36.7. The first-order chi connectivity index (χ1) is 12.8. The minimum Gasteiger partial charge on any atom is -0.486 e. The molecule has 1 aliphatic rings. The highest BCUT2D eigenvalue weighted by molar-refractivity contribution is 7.92. The lowest BCUT2D eigenvalue weighted by Crippen LogP contribution is -2.45. The summed E-state index contributed by atoms with van der Waals surface area (Å²) in [4.78, 5) is 12.7. The van der Waals surface area contributed by atoms with Crippen molar-refractivity contribution >= 4 is 27.3 Å². The fraction of sp³-hybridized carbons (Fsp3) is 0.316. The van der Waals surface area contributed by atoms with Crippen molar-refractivity contribution in [3.05, 3.63) is 48.0 Å². The summed E-state index contributed by atoms with van der Waals surface area (Å²) in [7, 11) is -3.65. The minimum atomic E-state index is -3.65. The van der Waals surface area contributed by atoms with Gasteiger partial charge in [-0.3, -0.25) is 9.10 Å². The lowest BCUT2D eigenvalue weighted by Gasteiger charge is -2.28. The maximum Gasteiger partial charge on any atom is 0.247 e. The number of rotatable bonds is 5. The van der Waals surface area contributed by atoms with Gasteiger partial charge in [0.2, 0.25) is 15.9 Å². The van der Waals surface area contributed by atoms with Crippen LogP contribution in [-0.2, 0) is 14.8 Å². The molecule has 1 N–H and O–H groups in total. The number of benzene rings is 2. The van der Waals surface area contributed by atoms with E-state index in [4.69, 9.17) is 9.47 Å². The van der Waals surface area contributed by atoms with Crippen LogP contribution in [0.2, 0.25) is 0 Å². The van der Waals surface area contributed by atoms with Crippen LogP contribution in [-0.4, -0.2) is 39.8 Å². The number of ether oxygens (including phenoxy) is 2. The molecule has 0 saturated carbocycles. The normalized spacial score (nSPS) is 14.3. The molecule has 7 nitrogen and oxygen atoms in total. The number of fused-ring (bicyclic) bond motifs is 1. The Morgan fingerprint density at radius 3 is 2.33 bits per heavy atom. The van der Waals surface area contributed by atoms with Crippen LogP contribution < -0.4 is 19.1 Å². The number of amides is 1. The molecule has 2 aromatic carbocycles. The van der Waals surface area contributed by atoms with Crippen LogP contribution in [0, 0.1) is 6.92 Å². The molecule has 1 heterocycles. The van der Waals surface area contributed by atoms with E-state index in [1.807, 2.05) is 6.92 Å². The monoisotopic (exact) mass is 390 g/mol. The molecule has 0 aliphatic carbocycles. The van der Waals surface area contributed by atoms with Gasteiger partial charge in [0.1, 0.15) is 19.3 Å². The fourth-order valence-corrected chi connectivity index (χ4v) is 4.04. The van der Waals surface area contributed by atoms with Gasteiger partial charge in [-0.2, -0.15) is 0 Å². The van der Waals surface area contributed by atoms with E-state index >= 15 is 0 Å². The van der Waals surface area contributed by atoms with Crippen LogP contribution in [0.3, 0.4) is 0 Å². The van der Waals surface area contributed by atoms with Crippen molar-refractivity contribution in [1.82, 2.24) is 0 Å². The van der Waals surface area contributed by atoms with Crippen molar-refractivity contribution in [3.8, 4) is 11.5 Å². The summed E-state index contributed by atoms with van der Waals surface area (Å²) >= 11 is 0. The average Bonchev–Trinajstić information content (AvgIpc) is 2.62. The number of aryl methyl sites for hydroxylation is 1. The van der Waals surface area contributed by atoms with Gasteiger partial charge in [0.05, 0.1) is 11.9 Å². The second kappa shape index (κ2) is 7.48. The molecule has 1 atom stereocenters. The smallest absolute Gasteiger partial charge is 0.247 e. The lowest BCUT2D eigenvalue weighted by atomic mass is 10.2. The Morgan fingerprint density at radius 1 is 1.07 bits per heavy atom. The van der Waals surface area contributed by atoms with Crippen molar-refractivity contribution in [2.45, 2.75) is 19.9 Å². The third-order valence-corrected chi connectivity index (χ3v) is 5.43. The van der Waals surface area contributed by atoms with Gasteiger partial charge in [0.25, 0.3) is 0 Å². The molecule has 3 rings (SSSR count). The number of nitrogens with zero attached hydrogens (tertiary/aromatic N) is 1. The summed E-state index contributed by atoms with van der Waals surface area (Å²) in [5.41, 5.74) is 1.95. The Labute approximate surface area is 158 Å². The third-order valence-electron chi connectivity index (χ3n) is 4.19. The molecule has 144 valence electrons. The summed E-state index contributed by atoms with van der Waals surface area (Å²) in [6.45, 7) is 4.38. The number of anilines is 2. The Balaban J connectivity index is 1.82. The summed E-state index contributed by atoms with van der Waals surface area (Å²) in [5.74, 6) is 0.715. The van der Waals surface area contributed by atoms with E-state index in [9.17, 15) is 13.2 Å². The quantitative estimate of drug-likeness (QED) is 0.848. The zero-order valence-electron chi connectivity index (χ0n) is 15.4. The van der Waals surface area contributed by atoms with Crippen LogP contribution >= 0.6 is 0 Å². The first-order valence-corrected chi connectivity index (χ1v) is 10.4. The van der Waals surface area contributed by atoms with Crippen molar-refractivity contribution < 1.29 is 22.7 Å². The van der Waals surface area contributed by atoms with Crippen LogP contribution in [0.25, 0.3) is 0 Å². The minimum absolute atomic E-state index is 0.438. The van der Waals surface area contributed by atoms with Gasteiger partial charge in [-0.25, -0.2) is 8.42 Å². The molecule has 1 aliphatic heterocycles. The Morgan fingerprint density at radius 2 is 1.70 bits per heavy atom. The molecule has 0 saturated heterocycles. The summed E-state index contributed by atoms with van der Waals surface area (Å²) in [5, 5.41) is 2.74. The van der Waals surface area contributed by atoms with Gasteiger partial charge in [-0.15, -0.1) is 0 Å². The molecule has 1 unspecified atom stereocenters. The van der Waals surface area contributed by atoms with Gasteiger partial charge in [-0.05, 0) is 38.1 Å². The summed E-state index contributed by atoms with van der Waals surface area (Å²) in [6.07, 6.45) is 1.08. The van der Waals surface area contributed by atoms with E-state index < -0.39 is 22.0 Å². The molecular weight excluding hydrogens is 368 g/mol. The maximum atomic E-state index is 12.7. The number of carbonyl (C=O) groups excluding carboxylic acids is 1. The largest absolute Gasteiger partial charge is 0.486 e. The number of nitrogens with one attached hydrogen (secondary N) is 1. The molecule has 27 heavy (non-hydrogen) atoms. The molecule has 0 spiro atoms. The van der Waals surface area contributed by atoms with Gasteiger partial charge < -0.3 is 14.8 Å². The zero-order valence-corrected chi connectivity index (χ0v) is 16.2. The van der Waals surface area contributed by atoms with Crippen LogP contribution in [0.15, 0.2) is 42.5 Å². The van der Waals surface area contributed by atoms with Crippen LogP contribution in [0.4, 0.5) is 11.4 Å². The molecule has 8 heteroatoms. The second-order valence-electron chi connectivity index (χ2n) is 6.42. The maximum absolute atomic E-state index is 12.7. The van der Waals surface area contributed by atoms with Gasteiger partial charge >= 0.3 is 0 Å². The highest BCUT2D eigenvalue weighted by Gasteiger charge is 2.29. The number of hydrogen-bond acceptors (Lipinski definition) is 5. The highest BCUT2D eigenvalue weighted by atomic mass is 32.2. The summed E-state index contributed by atoms with van der Waals surface area (Å²) in [6, 6.07) is 11.1. The molecule has 0 aromatic heterocycles. The van der Waals surface area contributed by atoms with E-state index in [1.165, 1.54) is 0 Å². The molecule has 2 aromatic rings. The van der Waals surface area contributed by atoms with Crippen molar-refractivity contribution in [3.63, 3.8) is 0 Å². The predicted molar refractivity (Wildman–Crippen MR) is 104 cm³/mol. The topological polar surface area (TPSA) is 84.9 Å². The van der Waals surface area contributed by atoms with E-state index in [2.05, 4.69) is 5.32 Å². The van der Waals surface area contributed by atoms with E-state index in [0.29, 0.717) is 36.1 Å². The second-order valence-corrected chi connectivity index (χ2v) is 8.28. The number of hydrogen-bond donors (Lipinski definition) is 1. The van der Waals surface area contributed by atoms with Crippen molar-refractivity contribution in [2.24, 2.45) is 0 Å². The van der Waals surface area contributed by atoms with E-state index in [1.54, 1.807) is 49.4 Å². The Hall–Kier alpha value is -2.74. The molecule has 0 radical (unpaired) electrons. The first-order valence-electron chi connectivity index (χ1n) is 8.52. The van der Waals surface area contributed by atoms with Crippen LogP contribution in [0.5, 0.6) is 11.5 Å².